The SMILES string of the molecule is C1=Nc2c(ccc3c(-c4ccccc4)ccnc23)CC(c2ccccc2)=C1. The molecule has 0 amide bonds. The standard InChI is InChI=1S/C25H18N2/c1-3-7-18(8-4-1)20-13-15-26-24-21(17-20)11-12-23-22(14-16-27-25(23)24)19-9-5-2-6-10-19/h1-16H,17H2. The molecule has 4 aromatic rings. The lowest BCUT2D eigenvalue weighted by Crippen LogP contribution is -1.92. The van der Waals surface area contributed by atoms with Crippen LogP contribution in [0.3, 0.4) is 0 Å². The second-order valence-corrected chi connectivity index (χ2v) is 6.71. The molecule has 2 heteroatoms. The summed E-state index contributed by atoms with van der Waals surface area (Å²) in [7, 11) is 0. The summed E-state index contributed by atoms with van der Waals surface area (Å²) in [6.45, 7) is 0. The highest BCUT2D eigenvalue weighted by Crippen LogP contribution is 2.37. The van der Waals surface area contributed by atoms with Crippen molar-refractivity contribution in [1.29, 1.82) is 0 Å². The van der Waals surface area contributed by atoms with Gasteiger partial charge in [-0.3, -0.25) is 9.98 Å². The zero-order chi connectivity index (χ0) is 18.1. The number of benzene rings is 3. The number of fused-ring (bicyclic) bond motifs is 3. The van der Waals surface area contributed by atoms with E-state index in [0.717, 1.165) is 23.0 Å². The lowest BCUT2D eigenvalue weighted by atomic mass is 9.94. The maximum Gasteiger partial charge on any atom is 0.0967 e. The maximum atomic E-state index is 4.76. The fourth-order valence-corrected chi connectivity index (χ4v) is 3.72. The Balaban J connectivity index is 1.65. The van der Waals surface area contributed by atoms with Crippen LogP contribution in [-0.4, -0.2) is 11.2 Å². The van der Waals surface area contributed by atoms with Gasteiger partial charge in [-0.1, -0.05) is 72.8 Å². The minimum absolute atomic E-state index is 0.854. The number of rotatable bonds is 2. The first-order valence-electron chi connectivity index (χ1n) is 9.15. The monoisotopic (exact) mass is 346 g/mol. The van der Waals surface area contributed by atoms with E-state index in [1.165, 1.54) is 27.8 Å². The van der Waals surface area contributed by atoms with Gasteiger partial charge < -0.3 is 0 Å². The minimum atomic E-state index is 0.854. The third-order valence-electron chi connectivity index (χ3n) is 5.06. The van der Waals surface area contributed by atoms with E-state index < -0.39 is 0 Å². The Kier molecular flexibility index (Phi) is 3.87. The molecular weight excluding hydrogens is 328 g/mol. The highest BCUT2D eigenvalue weighted by molar-refractivity contribution is 6.03. The van der Waals surface area contributed by atoms with Gasteiger partial charge in [0.1, 0.15) is 0 Å². The first-order chi connectivity index (χ1) is 13.4. The van der Waals surface area contributed by atoms with E-state index in [4.69, 9.17) is 4.99 Å². The highest BCUT2D eigenvalue weighted by atomic mass is 14.8. The van der Waals surface area contributed by atoms with Gasteiger partial charge in [0.05, 0.1) is 11.2 Å². The van der Waals surface area contributed by atoms with E-state index in [1.807, 2.05) is 24.5 Å². The number of nitrogens with zero attached hydrogens (tertiary/aromatic N) is 2. The Hall–Kier alpha value is -3.52. The fraction of sp³-hybridized carbons (Fsp3) is 0.0400. The molecule has 0 bridgehead atoms. The largest absolute Gasteiger partial charge is 0.254 e. The van der Waals surface area contributed by atoms with Crippen LogP contribution in [0.4, 0.5) is 5.69 Å². The number of pyridine rings is 1. The Morgan fingerprint density at radius 1 is 0.704 bits per heavy atom. The van der Waals surface area contributed by atoms with E-state index in [9.17, 15) is 0 Å². The van der Waals surface area contributed by atoms with E-state index >= 15 is 0 Å². The molecule has 0 radical (unpaired) electrons. The van der Waals surface area contributed by atoms with E-state index in [-0.39, 0.29) is 0 Å². The molecule has 0 unspecified atom stereocenters. The number of hydrogen-bond acceptors (Lipinski definition) is 2. The third-order valence-corrected chi connectivity index (χ3v) is 5.06. The quantitative estimate of drug-likeness (QED) is 0.421. The zero-order valence-electron chi connectivity index (χ0n) is 14.8. The van der Waals surface area contributed by atoms with Gasteiger partial charge in [-0.25, -0.2) is 0 Å². The van der Waals surface area contributed by atoms with Gasteiger partial charge in [-0.2, -0.15) is 0 Å². The van der Waals surface area contributed by atoms with Crippen molar-refractivity contribution >= 4 is 28.4 Å². The molecule has 0 saturated heterocycles. The van der Waals surface area contributed by atoms with Crippen molar-refractivity contribution < 1.29 is 0 Å². The van der Waals surface area contributed by atoms with Crippen molar-refractivity contribution in [2.45, 2.75) is 6.42 Å². The summed E-state index contributed by atoms with van der Waals surface area (Å²) >= 11 is 0. The Bertz CT molecular complexity index is 1170. The van der Waals surface area contributed by atoms with Crippen molar-refractivity contribution in [2.75, 3.05) is 0 Å². The first kappa shape index (κ1) is 15.7. The zero-order valence-corrected chi connectivity index (χ0v) is 14.8. The summed E-state index contributed by atoms with van der Waals surface area (Å²) in [5.41, 5.74) is 8.06. The van der Waals surface area contributed by atoms with Crippen LogP contribution in [0.5, 0.6) is 0 Å². The van der Waals surface area contributed by atoms with Gasteiger partial charge in [0, 0.05) is 24.2 Å². The van der Waals surface area contributed by atoms with Crippen molar-refractivity contribution in [1.82, 2.24) is 4.98 Å². The van der Waals surface area contributed by atoms with E-state index in [2.05, 4.69) is 77.8 Å². The number of hydrogen-bond donors (Lipinski definition) is 0. The van der Waals surface area contributed by atoms with Crippen molar-refractivity contribution in [3.8, 4) is 11.1 Å². The molecule has 3 aromatic carbocycles. The second kappa shape index (κ2) is 6.65. The normalized spacial score (nSPS) is 13.1. The van der Waals surface area contributed by atoms with Gasteiger partial charge in [0.2, 0.25) is 0 Å². The van der Waals surface area contributed by atoms with Crippen molar-refractivity contribution in [3.63, 3.8) is 0 Å². The molecule has 1 aliphatic heterocycles. The lowest BCUT2D eigenvalue weighted by Gasteiger charge is -2.12. The summed E-state index contributed by atoms with van der Waals surface area (Å²) in [4.78, 5) is 9.44. The van der Waals surface area contributed by atoms with Crippen LogP contribution in [-0.2, 0) is 6.42 Å². The molecule has 1 aliphatic rings. The summed E-state index contributed by atoms with van der Waals surface area (Å²) < 4.78 is 0. The van der Waals surface area contributed by atoms with Crippen LogP contribution in [0.2, 0.25) is 0 Å². The van der Waals surface area contributed by atoms with Gasteiger partial charge >= 0.3 is 0 Å². The maximum absolute atomic E-state index is 4.76. The molecule has 0 atom stereocenters. The molecule has 2 nitrogen and oxygen atoms in total. The minimum Gasteiger partial charge on any atom is -0.254 e. The van der Waals surface area contributed by atoms with Gasteiger partial charge in [0.25, 0.3) is 0 Å². The third kappa shape index (κ3) is 2.85. The molecule has 1 aromatic heterocycles. The highest BCUT2D eigenvalue weighted by Gasteiger charge is 2.15. The Morgan fingerprint density at radius 2 is 1.44 bits per heavy atom. The number of aromatic nitrogens is 1. The molecule has 2 heterocycles. The molecule has 0 aliphatic carbocycles. The second-order valence-electron chi connectivity index (χ2n) is 6.71. The fourth-order valence-electron chi connectivity index (χ4n) is 3.72. The first-order valence-corrected chi connectivity index (χ1v) is 9.15. The van der Waals surface area contributed by atoms with Crippen LogP contribution < -0.4 is 0 Å². The average molecular weight is 346 g/mol. The van der Waals surface area contributed by atoms with E-state index in [1.54, 1.807) is 0 Å². The van der Waals surface area contributed by atoms with E-state index in [0.29, 0.717) is 0 Å². The van der Waals surface area contributed by atoms with Crippen LogP contribution in [0.25, 0.3) is 27.6 Å². The molecule has 27 heavy (non-hydrogen) atoms. The molecule has 0 fully saturated rings. The lowest BCUT2D eigenvalue weighted by molar-refractivity contribution is 1.27. The Labute approximate surface area is 158 Å². The predicted molar refractivity (Wildman–Crippen MR) is 113 cm³/mol. The van der Waals surface area contributed by atoms with Crippen molar-refractivity contribution in [3.05, 3.63) is 102 Å². The topological polar surface area (TPSA) is 25.2 Å². The molecule has 0 N–H and O–H groups in total. The number of allylic oxidation sites excluding steroid dienone is 2. The van der Waals surface area contributed by atoms with Crippen LogP contribution in [0.1, 0.15) is 11.1 Å². The molecular formula is C25H18N2. The van der Waals surface area contributed by atoms with Gasteiger partial charge in [0.15, 0.2) is 0 Å². The van der Waals surface area contributed by atoms with Crippen LogP contribution in [0, 0.1) is 0 Å². The molecule has 0 spiro atoms. The van der Waals surface area contributed by atoms with Gasteiger partial charge in [-0.15, -0.1) is 0 Å². The predicted octanol–water partition coefficient (Wildman–Crippen LogP) is 6.24. The van der Waals surface area contributed by atoms with Crippen LogP contribution in [0.15, 0.2) is 96.1 Å². The Morgan fingerprint density at radius 3 is 2.22 bits per heavy atom. The van der Waals surface area contributed by atoms with Gasteiger partial charge in [-0.05, 0) is 40.0 Å². The summed E-state index contributed by atoms with van der Waals surface area (Å²) in [5.74, 6) is 0. The van der Waals surface area contributed by atoms with Crippen LogP contribution >= 0.6 is 0 Å². The average Bonchev–Trinajstić information content (AvgIpc) is 2.97. The van der Waals surface area contributed by atoms with Crippen molar-refractivity contribution in [2.24, 2.45) is 4.99 Å². The summed E-state index contributed by atoms with van der Waals surface area (Å²) in [5, 5.41) is 1.14. The summed E-state index contributed by atoms with van der Waals surface area (Å²) in [6.07, 6.45) is 6.76. The smallest absolute Gasteiger partial charge is 0.0967 e. The molecule has 5 rings (SSSR count). The molecule has 128 valence electrons. The number of aliphatic imine (C=N–C) groups is 1. The molecule has 0 saturated carbocycles. The summed E-state index contributed by atoms with van der Waals surface area (Å²) in [6, 6.07) is 27.4.